The Balaban J connectivity index is 2.32. The molecule has 8 heteroatoms. The Kier molecular flexibility index (Phi) is 5.12. The van der Waals surface area contributed by atoms with Crippen molar-refractivity contribution in [3.63, 3.8) is 0 Å². The average molecular weight is 384 g/mol. The van der Waals surface area contributed by atoms with Gasteiger partial charge >= 0.3 is 0 Å². The molecule has 0 bridgehead atoms. The maximum atomic E-state index is 12.2. The van der Waals surface area contributed by atoms with E-state index in [2.05, 4.69) is 5.32 Å². The highest BCUT2D eigenvalue weighted by molar-refractivity contribution is 6.44. The number of carbonyl (C=O) groups is 1. The summed E-state index contributed by atoms with van der Waals surface area (Å²) in [7, 11) is 0. The summed E-state index contributed by atoms with van der Waals surface area (Å²) in [5.74, 6) is -0.459. The van der Waals surface area contributed by atoms with Gasteiger partial charge in [-0.05, 0) is 24.3 Å². The molecule has 2 aromatic rings. The van der Waals surface area contributed by atoms with E-state index in [1.165, 1.54) is 24.3 Å². The number of hydrogen-bond acceptors (Lipinski definition) is 2. The van der Waals surface area contributed by atoms with Crippen LogP contribution in [0.15, 0.2) is 24.3 Å². The van der Waals surface area contributed by atoms with E-state index in [-0.39, 0.29) is 31.3 Å². The van der Waals surface area contributed by atoms with Crippen LogP contribution in [0.25, 0.3) is 0 Å². The summed E-state index contributed by atoms with van der Waals surface area (Å²) in [6.45, 7) is 0. The Hall–Kier alpha value is -0.840. The predicted molar refractivity (Wildman–Crippen MR) is 90.3 cm³/mol. The number of benzene rings is 2. The van der Waals surface area contributed by atoms with Gasteiger partial charge in [-0.15, -0.1) is 0 Å². The molecule has 1 amide bonds. The molecule has 0 aliphatic rings. The Morgan fingerprint density at radius 1 is 0.810 bits per heavy atom. The zero-order valence-electron chi connectivity index (χ0n) is 10.2. The molecule has 3 N–H and O–H groups in total. The first-order chi connectivity index (χ1) is 9.79. The van der Waals surface area contributed by atoms with E-state index < -0.39 is 5.91 Å². The van der Waals surface area contributed by atoms with E-state index >= 15 is 0 Å². The second-order valence-electron chi connectivity index (χ2n) is 4.05. The number of halogens is 5. The van der Waals surface area contributed by atoms with Crippen molar-refractivity contribution < 1.29 is 4.79 Å². The molecule has 0 spiro atoms. The fourth-order valence-corrected chi connectivity index (χ4v) is 2.61. The van der Waals surface area contributed by atoms with Crippen molar-refractivity contribution in [3.8, 4) is 0 Å². The molecular weight excluding hydrogens is 377 g/mol. The van der Waals surface area contributed by atoms with Crippen molar-refractivity contribution in [1.29, 1.82) is 0 Å². The summed E-state index contributed by atoms with van der Waals surface area (Å²) in [6, 6.07) is 5.70. The van der Waals surface area contributed by atoms with Crippen LogP contribution in [-0.2, 0) is 0 Å². The van der Waals surface area contributed by atoms with Gasteiger partial charge in [0.1, 0.15) is 0 Å². The summed E-state index contributed by atoms with van der Waals surface area (Å²) in [5, 5.41) is 3.79. The fraction of sp³-hybridized carbons (Fsp3) is 0. The van der Waals surface area contributed by atoms with Crippen LogP contribution in [0.2, 0.25) is 25.1 Å². The van der Waals surface area contributed by atoms with Crippen LogP contribution in [0.1, 0.15) is 10.4 Å². The zero-order valence-corrected chi connectivity index (χ0v) is 14.0. The minimum atomic E-state index is -0.459. The van der Waals surface area contributed by atoms with Gasteiger partial charge in [-0.1, -0.05) is 58.0 Å². The van der Waals surface area contributed by atoms with Crippen LogP contribution < -0.4 is 11.1 Å². The van der Waals surface area contributed by atoms with Crippen molar-refractivity contribution >= 4 is 75.3 Å². The summed E-state index contributed by atoms with van der Waals surface area (Å²) < 4.78 is 0. The van der Waals surface area contributed by atoms with Crippen molar-refractivity contribution in [2.75, 3.05) is 11.1 Å². The molecule has 0 aromatic heterocycles. The third kappa shape index (κ3) is 3.68. The second kappa shape index (κ2) is 6.51. The number of rotatable bonds is 2. The Labute approximate surface area is 145 Å². The lowest BCUT2D eigenvalue weighted by atomic mass is 10.2. The van der Waals surface area contributed by atoms with Crippen LogP contribution >= 0.6 is 58.0 Å². The minimum absolute atomic E-state index is 0.188. The monoisotopic (exact) mass is 382 g/mol. The van der Waals surface area contributed by atoms with Crippen molar-refractivity contribution in [2.24, 2.45) is 0 Å². The van der Waals surface area contributed by atoms with Crippen LogP contribution in [0.5, 0.6) is 0 Å². The number of anilines is 2. The lowest BCUT2D eigenvalue weighted by Crippen LogP contribution is -2.12. The largest absolute Gasteiger partial charge is 0.396 e. The van der Waals surface area contributed by atoms with Gasteiger partial charge in [0.05, 0.1) is 36.5 Å². The smallest absolute Gasteiger partial charge is 0.255 e. The summed E-state index contributed by atoms with van der Waals surface area (Å²) in [6.07, 6.45) is 0. The van der Waals surface area contributed by atoms with Gasteiger partial charge in [-0.3, -0.25) is 4.79 Å². The first kappa shape index (κ1) is 16.5. The third-order valence-corrected chi connectivity index (χ3v) is 4.26. The Bertz CT molecular complexity index is 710. The maximum Gasteiger partial charge on any atom is 0.255 e. The van der Waals surface area contributed by atoms with Gasteiger partial charge in [-0.2, -0.15) is 0 Å². The number of nitrogens with two attached hydrogens (primary N) is 1. The third-order valence-electron chi connectivity index (χ3n) is 2.60. The molecule has 0 unspecified atom stereocenters. The standard InChI is InChI=1S/C13H7Cl5N2O/c14-6-3-8(16)11(4-7(6)15)20-13(21)5-1-9(17)12(19)10(18)2-5/h1-4H,19H2,(H,20,21). The van der Waals surface area contributed by atoms with Gasteiger partial charge in [0.2, 0.25) is 0 Å². The van der Waals surface area contributed by atoms with Crippen molar-refractivity contribution in [3.05, 3.63) is 54.9 Å². The molecule has 0 atom stereocenters. The molecule has 0 fully saturated rings. The molecule has 2 aromatic carbocycles. The van der Waals surface area contributed by atoms with E-state index in [4.69, 9.17) is 63.7 Å². The van der Waals surface area contributed by atoms with Gasteiger partial charge in [0, 0.05) is 5.56 Å². The van der Waals surface area contributed by atoms with Crippen LogP contribution in [-0.4, -0.2) is 5.91 Å². The molecule has 110 valence electrons. The quantitative estimate of drug-likeness (QED) is 0.509. The van der Waals surface area contributed by atoms with Gasteiger partial charge in [0.25, 0.3) is 5.91 Å². The highest BCUT2D eigenvalue weighted by Gasteiger charge is 2.14. The van der Waals surface area contributed by atoms with Gasteiger partial charge in [-0.25, -0.2) is 0 Å². The molecule has 0 saturated carbocycles. The van der Waals surface area contributed by atoms with Crippen molar-refractivity contribution in [2.45, 2.75) is 0 Å². The molecule has 2 rings (SSSR count). The Morgan fingerprint density at radius 3 is 1.90 bits per heavy atom. The van der Waals surface area contributed by atoms with E-state index in [0.717, 1.165) is 0 Å². The van der Waals surface area contributed by atoms with Crippen LogP contribution in [0.4, 0.5) is 11.4 Å². The molecule has 0 heterocycles. The molecule has 21 heavy (non-hydrogen) atoms. The first-order valence-corrected chi connectivity index (χ1v) is 7.39. The van der Waals surface area contributed by atoms with E-state index in [1.807, 2.05) is 0 Å². The second-order valence-corrected chi connectivity index (χ2v) is 6.09. The normalized spacial score (nSPS) is 10.5. The predicted octanol–water partition coefficient (Wildman–Crippen LogP) is 5.79. The van der Waals surface area contributed by atoms with Gasteiger partial charge in [0.15, 0.2) is 0 Å². The number of hydrogen-bond donors (Lipinski definition) is 2. The van der Waals surface area contributed by atoms with E-state index in [0.29, 0.717) is 10.7 Å². The maximum absolute atomic E-state index is 12.2. The average Bonchev–Trinajstić information content (AvgIpc) is 2.41. The lowest BCUT2D eigenvalue weighted by Gasteiger charge is -2.10. The van der Waals surface area contributed by atoms with Crippen LogP contribution in [0, 0.1) is 0 Å². The van der Waals surface area contributed by atoms with Gasteiger partial charge < -0.3 is 11.1 Å². The highest BCUT2D eigenvalue weighted by atomic mass is 35.5. The molecule has 0 aliphatic heterocycles. The molecule has 3 nitrogen and oxygen atoms in total. The number of carbonyl (C=O) groups excluding carboxylic acids is 1. The Morgan fingerprint density at radius 2 is 1.33 bits per heavy atom. The zero-order chi connectivity index (χ0) is 15.7. The molecular formula is C13H7Cl5N2O. The number of amides is 1. The van der Waals surface area contributed by atoms with E-state index in [1.54, 1.807) is 0 Å². The lowest BCUT2D eigenvalue weighted by molar-refractivity contribution is 0.102. The topological polar surface area (TPSA) is 55.1 Å². The van der Waals surface area contributed by atoms with Crippen molar-refractivity contribution in [1.82, 2.24) is 0 Å². The summed E-state index contributed by atoms with van der Waals surface area (Å²) in [5.41, 5.74) is 6.38. The summed E-state index contributed by atoms with van der Waals surface area (Å²) >= 11 is 29.5. The number of nitrogens with one attached hydrogen (secondary N) is 1. The van der Waals surface area contributed by atoms with E-state index in [9.17, 15) is 4.79 Å². The summed E-state index contributed by atoms with van der Waals surface area (Å²) in [4.78, 5) is 12.2. The minimum Gasteiger partial charge on any atom is -0.396 e. The highest BCUT2D eigenvalue weighted by Crippen LogP contribution is 2.33. The number of nitrogen functional groups attached to an aromatic ring is 1. The first-order valence-electron chi connectivity index (χ1n) is 5.50. The fourth-order valence-electron chi connectivity index (χ4n) is 1.53. The molecule has 0 radical (unpaired) electrons. The SMILES string of the molecule is Nc1c(Cl)cc(C(=O)Nc2cc(Cl)c(Cl)cc2Cl)cc1Cl. The molecule has 0 aliphatic carbocycles. The van der Waals surface area contributed by atoms with Crippen LogP contribution in [0.3, 0.4) is 0 Å². The molecule has 0 saturated heterocycles.